The Balaban J connectivity index is 2.01. The summed E-state index contributed by atoms with van der Waals surface area (Å²) < 4.78 is 167. The number of anilines is 2. The molecule has 3 aromatic rings. The van der Waals surface area contributed by atoms with Crippen LogP contribution in [0.25, 0.3) is 0 Å². The fraction of sp³-hybridized carbons (Fsp3) is 0.200. The van der Waals surface area contributed by atoms with Crippen molar-refractivity contribution in [2.45, 2.75) is 23.9 Å². The second-order valence-electron chi connectivity index (χ2n) is 8.58. The summed E-state index contributed by atoms with van der Waals surface area (Å²) in [5.41, 5.74) is -11.4. The third-order valence-corrected chi connectivity index (χ3v) is 6.73. The Hall–Kier alpha value is -3.67. The summed E-state index contributed by atoms with van der Waals surface area (Å²) in [6.45, 7) is 0. The highest BCUT2D eigenvalue weighted by Crippen LogP contribution is 2.59. The molecule has 0 saturated carbocycles. The average Bonchev–Trinajstić information content (AvgIpc) is 2.87. The number of benzene rings is 3. The maximum Gasteiger partial charge on any atom is 0.457 e. The van der Waals surface area contributed by atoms with Gasteiger partial charge in [-0.15, -0.1) is 0 Å². The number of ether oxygens (including phenoxy) is 1. The lowest BCUT2D eigenvalue weighted by Gasteiger charge is -2.36. The lowest BCUT2D eigenvalue weighted by atomic mass is 9.87. The molecule has 2 N–H and O–H groups in total. The number of carbonyl (C=O) groups is 2. The van der Waals surface area contributed by atoms with Crippen LogP contribution in [0, 0.1) is 17.5 Å². The highest BCUT2D eigenvalue weighted by molar-refractivity contribution is 9.10. The van der Waals surface area contributed by atoms with Crippen LogP contribution in [0.5, 0.6) is 5.75 Å². The van der Waals surface area contributed by atoms with Crippen molar-refractivity contribution in [3.8, 4) is 5.75 Å². The van der Waals surface area contributed by atoms with Crippen molar-refractivity contribution >= 4 is 50.7 Å². The topological polar surface area (TPSA) is 67.4 Å². The molecule has 0 heterocycles. The van der Waals surface area contributed by atoms with E-state index in [2.05, 4.69) is 15.9 Å². The predicted molar refractivity (Wildman–Crippen MR) is 134 cm³/mol. The molecule has 2 amide bonds. The number of hydrogen-bond donors (Lipinski definition) is 2. The van der Waals surface area contributed by atoms with Crippen molar-refractivity contribution in [2.24, 2.45) is 0 Å². The lowest BCUT2D eigenvalue weighted by molar-refractivity contribution is -0.389. The minimum absolute atomic E-state index is 0.103. The zero-order chi connectivity index (χ0) is 33.6. The summed E-state index contributed by atoms with van der Waals surface area (Å²) in [7, 11) is 0.970. The second-order valence-corrected chi connectivity index (χ2v) is 9.84. The second kappa shape index (κ2) is 12.0. The molecule has 0 fully saturated rings. The summed E-state index contributed by atoms with van der Waals surface area (Å²) in [5.74, 6) is -14.7. The van der Waals surface area contributed by atoms with Crippen molar-refractivity contribution in [1.82, 2.24) is 0 Å². The van der Waals surface area contributed by atoms with Gasteiger partial charge in [0.1, 0.15) is 23.0 Å². The number of alkyl halides is 9. The molecule has 0 aliphatic heterocycles. The van der Waals surface area contributed by atoms with Crippen LogP contribution in [-0.2, 0) is 5.67 Å². The van der Waals surface area contributed by atoms with Gasteiger partial charge in [0, 0.05) is 22.2 Å². The first kappa shape index (κ1) is 34.8. The van der Waals surface area contributed by atoms with E-state index in [-0.39, 0.29) is 24.3 Å². The molecule has 0 saturated heterocycles. The van der Waals surface area contributed by atoms with E-state index in [0.717, 1.165) is 25.3 Å². The maximum atomic E-state index is 14.9. The van der Waals surface area contributed by atoms with Gasteiger partial charge in [0.05, 0.1) is 29.1 Å². The molecule has 0 bridgehead atoms. The van der Waals surface area contributed by atoms with Crippen molar-refractivity contribution in [3.63, 3.8) is 0 Å². The average molecular weight is 732 g/mol. The number of carbonyl (C=O) groups excluding carboxylic acids is 2. The van der Waals surface area contributed by atoms with Gasteiger partial charge < -0.3 is 15.4 Å². The minimum Gasteiger partial charge on any atom is -0.494 e. The standard InChI is InChI=1S/C25H12BrClF12N2O3/c1-44-19-11(3-2-4-16(19)40-21(43)17-14(29)7-10(28)8-15(17)30)20(42)41-18-12(26)5-9(6-13(18)27)22(31,24(34,35)36)23(32,33)25(37,38)39/h2-8H,1H3,(H,40,43)(H,41,42). The van der Waals surface area contributed by atoms with E-state index in [1.807, 2.05) is 10.6 Å². The third-order valence-electron chi connectivity index (χ3n) is 5.80. The third kappa shape index (κ3) is 6.13. The number of nitrogens with one attached hydrogen (secondary N) is 2. The first-order valence-corrected chi connectivity index (χ1v) is 12.4. The van der Waals surface area contributed by atoms with E-state index >= 15 is 0 Å². The van der Waals surface area contributed by atoms with E-state index in [9.17, 15) is 62.3 Å². The van der Waals surface area contributed by atoms with Gasteiger partial charge in [-0.1, -0.05) is 17.7 Å². The highest BCUT2D eigenvalue weighted by atomic mass is 79.9. The lowest BCUT2D eigenvalue weighted by Crippen LogP contribution is -2.59. The first-order valence-electron chi connectivity index (χ1n) is 11.2. The van der Waals surface area contributed by atoms with Crippen molar-refractivity contribution in [3.05, 3.63) is 86.1 Å². The zero-order valence-corrected chi connectivity index (χ0v) is 23.4. The molecule has 3 aromatic carbocycles. The fourth-order valence-corrected chi connectivity index (χ4v) is 4.71. The molecule has 0 aromatic heterocycles. The molecule has 1 atom stereocenters. The van der Waals surface area contributed by atoms with Crippen LogP contribution in [0.4, 0.5) is 64.1 Å². The molecule has 3 rings (SSSR count). The molecule has 238 valence electrons. The van der Waals surface area contributed by atoms with Crippen LogP contribution < -0.4 is 15.4 Å². The van der Waals surface area contributed by atoms with Crippen molar-refractivity contribution < 1.29 is 67.0 Å². The summed E-state index contributed by atoms with van der Waals surface area (Å²) >= 11 is 8.34. The first-order chi connectivity index (χ1) is 20.1. The quantitative estimate of drug-likeness (QED) is 0.239. The van der Waals surface area contributed by atoms with Gasteiger partial charge in [0.2, 0.25) is 0 Å². The van der Waals surface area contributed by atoms with E-state index < -0.39 is 96.5 Å². The van der Waals surface area contributed by atoms with Crippen LogP contribution in [-0.4, -0.2) is 37.2 Å². The van der Waals surface area contributed by atoms with Gasteiger partial charge in [-0.3, -0.25) is 9.59 Å². The maximum absolute atomic E-state index is 14.9. The Labute approximate surface area is 251 Å². The Morgan fingerprint density at radius 1 is 0.818 bits per heavy atom. The van der Waals surface area contributed by atoms with Crippen LogP contribution in [0.3, 0.4) is 0 Å². The number of amides is 2. The summed E-state index contributed by atoms with van der Waals surface area (Å²) in [6.07, 6.45) is -13.8. The number of para-hydroxylation sites is 1. The van der Waals surface area contributed by atoms with Crippen LogP contribution in [0.1, 0.15) is 26.3 Å². The van der Waals surface area contributed by atoms with Gasteiger partial charge in [0.15, 0.2) is 5.75 Å². The number of methoxy groups -OCH3 is 1. The number of halogens is 14. The molecule has 1 unspecified atom stereocenters. The minimum atomic E-state index is -6.99. The van der Waals surface area contributed by atoms with Crippen LogP contribution in [0.2, 0.25) is 5.02 Å². The molecule has 0 aliphatic rings. The van der Waals surface area contributed by atoms with E-state index in [1.165, 1.54) is 0 Å². The molecule has 19 heteroatoms. The summed E-state index contributed by atoms with van der Waals surface area (Å²) in [4.78, 5) is 25.5. The SMILES string of the molecule is COc1c(NC(=O)c2c(F)cc(F)cc2F)cccc1C(=O)Nc1c(Cl)cc(C(F)(C(F)(F)F)C(F)(F)C(F)(F)F)cc1Br. The van der Waals surface area contributed by atoms with Gasteiger partial charge in [-0.05, 0) is 40.2 Å². The largest absolute Gasteiger partial charge is 0.494 e. The Kier molecular flexibility index (Phi) is 9.51. The molecular weight excluding hydrogens is 720 g/mol. The smallest absolute Gasteiger partial charge is 0.457 e. The predicted octanol–water partition coefficient (Wildman–Crippen LogP) is 8.96. The molecule has 0 radical (unpaired) electrons. The normalized spacial score (nSPS) is 13.7. The van der Waals surface area contributed by atoms with E-state index in [0.29, 0.717) is 0 Å². The number of rotatable bonds is 7. The van der Waals surface area contributed by atoms with Gasteiger partial charge in [-0.2, -0.15) is 35.1 Å². The summed E-state index contributed by atoms with van der Waals surface area (Å²) in [6, 6.07) is 3.35. The highest BCUT2D eigenvalue weighted by Gasteiger charge is 2.81. The fourth-order valence-electron chi connectivity index (χ4n) is 3.77. The van der Waals surface area contributed by atoms with Crippen molar-refractivity contribution in [1.29, 1.82) is 0 Å². The van der Waals surface area contributed by atoms with Gasteiger partial charge in [0.25, 0.3) is 11.8 Å². The van der Waals surface area contributed by atoms with E-state index in [4.69, 9.17) is 16.3 Å². The summed E-state index contributed by atoms with van der Waals surface area (Å²) in [5, 5.41) is 2.91. The van der Waals surface area contributed by atoms with Gasteiger partial charge >= 0.3 is 23.9 Å². The molecule has 0 spiro atoms. The number of hydrogen-bond acceptors (Lipinski definition) is 3. The molecule has 44 heavy (non-hydrogen) atoms. The Morgan fingerprint density at radius 2 is 1.39 bits per heavy atom. The Morgan fingerprint density at radius 3 is 1.86 bits per heavy atom. The Bertz CT molecular complexity index is 1580. The molecule has 0 aliphatic carbocycles. The molecule has 5 nitrogen and oxygen atoms in total. The molecular formula is C25H12BrClF12N2O3. The van der Waals surface area contributed by atoms with Gasteiger partial charge in [-0.25, -0.2) is 17.6 Å². The zero-order valence-electron chi connectivity index (χ0n) is 21.1. The monoisotopic (exact) mass is 730 g/mol. The van der Waals surface area contributed by atoms with Crippen LogP contribution in [0.15, 0.2) is 46.9 Å². The van der Waals surface area contributed by atoms with E-state index in [1.54, 1.807) is 0 Å². The van der Waals surface area contributed by atoms with Crippen molar-refractivity contribution in [2.75, 3.05) is 17.7 Å². The van der Waals surface area contributed by atoms with Crippen LogP contribution >= 0.6 is 27.5 Å².